The first-order valence-electron chi connectivity index (χ1n) is 9.01. The minimum Gasteiger partial charge on any atom is -0.326 e. The summed E-state index contributed by atoms with van der Waals surface area (Å²) in [7, 11) is 0. The molecule has 1 N–H and O–H groups in total. The van der Waals surface area contributed by atoms with E-state index in [0.717, 1.165) is 34.7 Å². The van der Waals surface area contributed by atoms with E-state index in [1.54, 1.807) is 6.92 Å². The monoisotopic (exact) mass is 354 g/mol. The minimum absolute atomic E-state index is 0.0374. The third-order valence-corrected chi connectivity index (χ3v) is 5.21. The minimum atomic E-state index is -0.0374. The number of carbonyl (C=O) groups excluding carboxylic acids is 2. The van der Waals surface area contributed by atoms with Gasteiger partial charge in [0, 0.05) is 43.0 Å². The van der Waals surface area contributed by atoms with Crippen molar-refractivity contribution in [2.75, 3.05) is 10.2 Å². The smallest absolute Gasteiger partial charge is 0.226 e. The molecule has 6 heteroatoms. The zero-order valence-electron chi connectivity index (χ0n) is 16.1. The molecule has 0 fully saturated rings. The summed E-state index contributed by atoms with van der Waals surface area (Å²) in [6, 6.07) is 5.90. The summed E-state index contributed by atoms with van der Waals surface area (Å²) in [6.07, 6.45) is 1.18. The van der Waals surface area contributed by atoms with Crippen molar-refractivity contribution >= 4 is 23.2 Å². The van der Waals surface area contributed by atoms with Crippen LogP contribution in [0.1, 0.15) is 42.8 Å². The Balaban J connectivity index is 1.64. The predicted molar refractivity (Wildman–Crippen MR) is 102 cm³/mol. The Labute approximate surface area is 154 Å². The Kier molecular flexibility index (Phi) is 4.85. The fourth-order valence-corrected chi connectivity index (χ4v) is 3.62. The average molecular weight is 354 g/mol. The summed E-state index contributed by atoms with van der Waals surface area (Å²) in [5.41, 5.74) is 6.10. The molecule has 0 spiro atoms. The molecule has 1 aromatic heterocycles. The van der Waals surface area contributed by atoms with E-state index in [1.165, 1.54) is 5.56 Å². The molecule has 1 aliphatic heterocycles. The van der Waals surface area contributed by atoms with Crippen LogP contribution < -0.4 is 10.2 Å². The number of hydrogen-bond donors (Lipinski definition) is 1. The van der Waals surface area contributed by atoms with Gasteiger partial charge >= 0.3 is 0 Å². The van der Waals surface area contributed by atoms with Gasteiger partial charge in [0.2, 0.25) is 11.8 Å². The zero-order chi connectivity index (χ0) is 19.0. The number of carbonyl (C=O) groups is 2. The van der Waals surface area contributed by atoms with Crippen LogP contribution >= 0.6 is 0 Å². The molecular formula is C20H26N4O2. The Morgan fingerprint density at radius 2 is 2.00 bits per heavy atom. The van der Waals surface area contributed by atoms with Crippen molar-refractivity contribution < 1.29 is 9.59 Å². The van der Waals surface area contributed by atoms with Crippen LogP contribution in [0.15, 0.2) is 18.2 Å². The maximum absolute atomic E-state index is 12.3. The molecule has 1 aliphatic rings. The fraction of sp³-hybridized carbons (Fsp3) is 0.450. The van der Waals surface area contributed by atoms with Gasteiger partial charge in [-0.15, -0.1) is 0 Å². The van der Waals surface area contributed by atoms with Crippen LogP contribution in [0.25, 0.3) is 0 Å². The first-order valence-corrected chi connectivity index (χ1v) is 9.01. The maximum atomic E-state index is 12.3. The SMILES string of the molecule is CC(=O)N1c2ccc(NC(=O)CCn3nc(C)c(C)c3C)cc2C[C@@H]1C. The van der Waals surface area contributed by atoms with Crippen molar-refractivity contribution in [1.82, 2.24) is 9.78 Å². The molecule has 138 valence electrons. The molecule has 2 amide bonds. The lowest BCUT2D eigenvalue weighted by Gasteiger charge is -2.20. The number of nitrogens with zero attached hydrogens (tertiary/aromatic N) is 3. The van der Waals surface area contributed by atoms with Gasteiger partial charge in [-0.25, -0.2) is 0 Å². The highest BCUT2D eigenvalue weighted by atomic mass is 16.2. The van der Waals surface area contributed by atoms with Crippen molar-refractivity contribution in [2.45, 2.75) is 60.0 Å². The number of aromatic nitrogens is 2. The van der Waals surface area contributed by atoms with Gasteiger partial charge in [-0.1, -0.05) is 0 Å². The molecule has 2 heterocycles. The number of rotatable bonds is 4. The molecule has 1 aromatic carbocycles. The van der Waals surface area contributed by atoms with Crippen molar-refractivity contribution in [2.24, 2.45) is 0 Å². The summed E-state index contributed by atoms with van der Waals surface area (Å²) in [4.78, 5) is 25.9. The highest BCUT2D eigenvalue weighted by molar-refractivity contribution is 5.96. The first-order chi connectivity index (χ1) is 12.3. The van der Waals surface area contributed by atoms with Crippen LogP contribution in [0.4, 0.5) is 11.4 Å². The Hall–Kier alpha value is -2.63. The van der Waals surface area contributed by atoms with Crippen LogP contribution in [-0.4, -0.2) is 27.6 Å². The van der Waals surface area contributed by atoms with Crippen molar-refractivity contribution in [1.29, 1.82) is 0 Å². The lowest BCUT2D eigenvalue weighted by Crippen LogP contribution is -2.33. The first kappa shape index (κ1) is 18.2. The molecule has 1 atom stereocenters. The highest BCUT2D eigenvalue weighted by Gasteiger charge is 2.28. The Morgan fingerprint density at radius 3 is 2.62 bits per heavy atom. The number of aryl methyl sites for hydroxylation is 2. The standard InChI is InChI=1S/C20H26N4O2/c1-12-10-17-11-18(6-7-19(17)24(12)16(5)25)21-20(26)8-9-23-15(4)13(2)14(3)22-23/h6-7,11-12H,8-10H2,1-5H3,(H,21,26)/t12-/m0/s1. The second-order valence-corrected chi connectivity index (χ2v) is 7.10. The van der Waals surface area contributed by atoms with Crippen LogP contribution in [-0.2, 0) is 22.6 Å². The molecule has 0 saturated heterocycles. The Bertz CT molecular complexity index is 869. The number of amides is 2. The molecule has 0 bridgehead atoms. The van der Waals surface area contributed by atoms with Crippen molar-refractivity contribution in [3.05, 3.63) is 40.7 Å². The number of fused-ring (bicyclic) bond motifs is 1. The van der Waals surface area contributed by atoms with E-state index in [-0.39, 0.29) is 17.9 Å². The normalized spacial score (nSPS) is 15.9. The van der Waals surface area contributed by atoms with E-state index in [0.29, 0.717) is 13.0 Å². The van der Waals surface area contributed by atoms with Crippen molar-refractivity contribution in [3.63, 3.8) is 0 Å². The van der Waals surface area contributed by atoms with Crippen LogP contribution in [0.5, 0.6) is 0 Å². The topological polar surface area (TPSA) is 67.2 Å². The summed E-state index contributed by atoms with van der Waals surface area (Å²) in [6.45, 7) is 10.2. The van der Waals surface area contributed by atoms with Crippen LogP contribution in [0, 0.1) is 20.8 Å². The van der Waals surface area contributed by atoms with Gasteiger partial charge in [0.1, 0.15) is 0 Å². The summed E-state index contributed by atoms with van der Waals surface area (Å²) >= 11 is 0. The van der Waals surface area contributed by atoms with E-state index in [9.17, 15) is 9.59 Å². The molecule has 0 radical (unpaired) electrons. The second-order valence-electron chi connectivity index (χ2n) is 7.10. The Morgan fingerprint density at radius 1 is 1.27 bits per heavy atom. The zero-order valence-corrected chi connectivity index (χ0v) is 16.1. The van der Waals surface area contributed by atoms with Gasteiger partial charge in [0.15, 0.2) is 0 Å². The van der Waals surface area contributed by atoms with Crippen molar-refractivity contribution in [3.8, 4) is 0 Å². The molecule has 2 aromatic rings. The quantitative estimate of drug-likeness (QED) is 0.917. The summed E-state index contributed by atoms with van der Waals surface area (Å²) in [5, 5.41) is 7.43. The molecule has 26 heavy (non-hydrogen) atoms. The molecule has 6 nitrogen and oxygen atoms in total. The van der Waals surface area contributed by atoms with Crippen LogP contribution in [0.2, 0.25) is 0 Å². The lowest BCUT2D eigenvalue weighted by atomic mass is 10.1. The van der Waals surface area contributed by atoms with Crippen LogP contribution in [0.3, 0.4) is 0 Å². The number of hydrogen-bond acceptors (Lipinski definition) is 3. The lowest BCUT2D eigenvalue weighted by molar-refractivity contribution is -0.117. The second kappa shape index (κ2) is 6.94. The van der Waals surface area contributed by atoms with E-state index in [4.69, 9.17) is 0 Å². The average Bonchev–Trinajstić information content (AvgIpc) is 3.03. The fourth-order valence-electron chi connectivity index (χ4n) is 3.62. The van der Waals surface area contributed by atoms with E-state index in [1.807, 2.05) is 55.5 Å². The number of nitrogens with one attached hydrogen (secondary N) is 1. The third kappa shape index (κ3) is 3.36. The van der Waals surface area contributed by atoms with E-state index >= 15 is 0 Å². The summed E-state index contributed by atoms with van der Waals surface area (Å²) < 4.78 is 1.89. The van der Waals surface area contributed by atoms with Gasteiger partial charge in [0.05, 0.1) is 5.69 Å². The molecular weight excluding hydrogens is 328 g/mol. The van der Waals surface area contributed by atoms with E-state index in [2.05, 4.69) is 10.4 Å². The van der Waals surface area contributed by atoms with Gasteiger partial charge in [-0.2, -0.15) is 5.10 Å². The summed E-state index contributed by atoms with van der Waals surface area (Å²) in [5.74, 6) is 0.0119. The molecule has 0 aliphatic carbocycles. The van der Waals surface area contributed by atoms with E-state index < -0.39 is 0 Å². The van der Waals surface area contributed by atoms with Gasteiger partial charge in [-0.3, -0.25) is 14.3 Å². The van der Waals surface area contributed by atoms with Gasteiger partial charge in [-0.05, 0) is 63.4 Å². The van der Waals surface area contributed by atoms with Gasteiger partial charge in [0.25, 0.3) is 0 Å². The number of anilines is 2. The largest absolute Gasteiger partial charge is 0.326 e. The highest BCUT2D eigenvalue weighted by Crippen LogP contribution is 2.34. The van der Waals surface area contributed by atoms with Gasteiger partial charge < -0.3 is 10.2 Å². The molecule has 3 rings (SSSR count). The molecule has 0 saturated carbocycles. The molecule has 0 unspecified atom stereocenters. The predicted octanol–water partition coefficient (Wildman–Crippen LogP) is 3.13. The maximum Gasteiger partial charge on any atom is 0.226 e. The number of benzene rings is 1. The third-order valence-electron chi connectivity index (χ3n) is 5.21.